The van der Waals surface area contributed by atoms with E-state index >= 15 is 0 Å². The van der Waals surface area contributed by atoms with Crippen LogP contribution >= 0.6 is 0 Å². The average Bonchev–Trinajstić information content (AvgIpc) is 3.77. The van der Waals surface area contributed by atoms with E-state index in [1.807, 2.05) is 11.8 Å². The summed E-state index contributed by atoms with van der Waals surface area (Å²) in [6.07, 6.45) is 1.45. The topological polar surface area (TPSA) is 118 Å². The van der Waals surface area contributed by atoms with Gasteiger partial charge in [-0.15, -0.1) is 0 Å². The SMILES string of the molecule is COc1cc(C(=O)N2CCCC(N)C2)cn2nc(-c3cc4cccc(C5CCN(C(=O)C6CC(O)(C(F)(F)F)C6)CC5)c4n3CC3CC3)c(C)c12. The van der Waals surface area contributed by atoms with Crippen LogP contribution in [0.25, 0.3) is 27.8 Å². The van der Waals surface area contributed by atoms with E-state index in [9.17, 15) is 27.9 Å². The maximum absolute atomic E-state index is 13.6. The lowest BCUT2D eigenvalue weighted by atomic mass is 9.69. The number of aryl methyl sites for hydroxylation is 1. The summed E-state index contributed by atoms with van der Waals surface area (Å²) in [6.45, 7) is 5.01. The van der Waals surface area contributed by atoms with Crippen LogP contribution in [0.5, 0.6) is 5.75 Å². The van der Waals surface area contributed by atoms with Crippen molar-refractivity contribution in [2.45, 2.75) is 88.6 Å². The highest BCUT2D eigenvalue weighted by molar-refractivity contribution is 5.96. The van der Waals surface area contributed by atoms with E-state index in [-0.39, 0.29) is 23.8 Å². The monoisotopic (exact) mass is 706 g/mol. The van der Waals surface area contributed by atoms with Gasteiger partial charge in [-0.05, 0) is 87.8 Å². The first-order valence-corrected chi connectivity index (χ1v) is 18.2. The molecule has 4 fully saturated rings. The Labute approximate surface area is 294 Å². The number of halogens is 3. The largest absolute Gasteiger partial charge is 0.494 e. The van der Waals surface area contributed by atoms with Crippen molar-refractivity contribution < 1.29 is 32.6 Å². The van der Waals surface area contributed by atoms with Crippen molar-refractivity contribution in [1.29, 1.82) is 0 Å². The second-order valence-corrected chi connectivity index (χ2v) is 15.3. The van der Waals surface area contributed by atoms with E-state index in [0.29, 0.717) is 56.3 Å². The quantitative estimate of drug-likeness (QED) is 0.256. The van der Waals surface area contributed by atoms with E-state index in [1.165, 1.54) is 5.56 Å². The van der Waals surface area contributed by atoms with Crippen LogP contribution in [0.2, 0.25) is 0 Å². The van der Waals surface area contributed by atoms with Crippen molar-refractivity contribution in [3.05, 3.63) is 53.2 Å². The summed E-state index contributed by atoms with van der Waals surface area (Å²) in [5.74, 6) is 0.148. The summed E-state index contributed by atoms with van der Waals surface area (Å²) < 4.78 is 49.6. The number of ether oxygens (including phenoxy) is 1. The third-order valence-corrected chi connectivity index (χ3v) is 11.8. The Balaban J connectivity index is 1.10. The molecule has 8 rings (SSSR count). The number of hydrogen-bond donors (Lipinski definition) is 2. The number of pyridine rings is 1. The number of hydrogen-bond acceptors (Lipinski definition) is 6. The van der Waals surface area contributed by atoms with Crippen LogP contribution in [-0.4, -0.2) is 92.0 Å². The number of para-hydroxylation sites is 1. The number of alkyl halides is 3. The number of carbonyl (C=O) groups excluding carboxylic acids is 2. The molecular weight excluding hydrogens is 661 g/mol. The van der Waals surface area contributed by atoms with Crippen LogP contribution in [0.1, 0.15) is 78.8 Å². The van der Waals surface area contributed by atoms with Gasteiger partial charge in [-0.2, -0.15) is 18.3 Å². The van der Waals surface area contributed by atoms with Crippen LogP contribution in [-0.2, 0) is 11.3 Å². The number of carbonyl (C=O) groups is 2. The summed E-state index contributed by atoms with van der Waals surface area (Å²) in [4.78, 5) is 30.2. The normalized spacial score (nSPS) is 24.7. The Kier molecular flexibility index (Phi) is 8.36. The van der Waals surface area contributed by atoms with E-state index in [4.69, 9.17) is 15.6 Å². The summed E-state index contributed by atoms with van der Waals surface area (Å²) in [6, 6.07) is 10.3. The van der Waals surface area contributed by atoms with Crippen molar-refractivity contribution in [3.8, 4) is 17.1 Å². The zero-order chi connectivity index (χ0) is 35.8. The average molecular weight is 707 g/mol. The number of fused-ring (bicyclic) bond motifs is 2. The number of rotatable bonds is 7. The predicted octanol–water partition coefficient (Wildman–Crippen LogP) is 5.66. The van der Waals surface area contributed by atoms with Crippen molar-refractivity contribution in [2.24, 2.45) is 17.6 Å². The number of nitrogens with two attached hydrogens (primary N) is 1. The molecule has 272 valence electrons. The minimum Gasteiger partial charge on any atom is -0.494 e. The van der Waals surface area contributed by atoms with Gasteiger partial charge in [0.1, 0.15) is 17.0 Å². The van der Waals surface area contributed by atoms with Gasteiger partial charge in [-0.3, -0.25) is 9.59 Å². The Morgan fingerprint density at radius 3 is 2.45 bits per heavy atom. The Morgan fingerprint density at radius 2 is 1.78 bits per heavy atom. The number of likely N-dealkylation sites (tertiary alicyclic amines) is 2. The van der Waals surface area contributed by atoms with Crippen LogP contribution in [0.3, 0.4) is 0 Å². The Bertz CT molecular complexity index is 2000. The second-order valence-electron chi connectivity index (χ2n) is 15.3. The predicted molar refractivity (Wildman–Crippen MR) is 186 cm³/mol. The molecule has 3 N–H and O–H groups in total. The molecular formula is C38H45F3N6O4. The van der Waals surface area contributed by atoms with Gasteiger partial charge in [0.2, 0.25) is 5.91 Å². The van der Waals surface area contributed by atoms with E-state index in [1.54, 1.807) is 28.8 Å². The zero-order valence-corrected chi connectivity index (χ0v) is 29.1. The first-order valence-electron chi connectivity index (χ1n) is 18.2. The first-order chi connectivity index (χ1) is 24.3. The van der Waals surface area contributed by atoms with Gasteiger partial charge in [0.25, 0.3) is 5.91 Å². The molecule has 3 aromatic heterocycles. The van der Waals surface area contributed by atoms with Crippen molar-refractivity contribution in [1.82, 2.24) is 24.0 Å². The summed E-state index contributed by atoms with van der Waals surface area (Å²) in [5.41, 5.74) is 9.86. The van der Waals surface area contributed by atoms with Gasteiger partial charge in [-0.1, -0.05) is 18.2 Å². The molecule has 51 heavy (non-hydrogen) atoms. The molecule has 2 amide bonds. The molecule has 1 aromatic carbocycles. The maximum Gasteiger partial charge on any atom is 0.417 e. The van der Waals surface area contributed by atoms with Gasteiger partial charge in [0.05, 0.1) is 23.9 Å². The Hall–Kier alpha value is -4.10. The number of benzene rings is 1. The maximum atomic E-state index is 13.6. The van der Waals surface area contributed by atoms with Crippen molar-refractivity contribution in [2.75, 3.05) is 33.3 Å². The van der Waals surface area contributed by atoms with Crippen molar-refractivity contribution in [3.63, 3.8) is 0 Å². The molecule has 2 aliphatic carbocycles. The fraction of sp³-hybridized carbons (Fsp3) is 0.553. The molecule has 1 atom stereocenters. The highest BCUT2D eigenvalue weighted by Crippen LogP contribution is 2.49. The van der Waals surface area contributed by atoms with Crippen LogP contribution in [0.15, 0.2) is 36.5 Å². The number of aliphatic hydroxyl groups is 1. The molecule has 2 aliphatic heterocycles. The molecule has 4 aliphatic rings. The first kappa shape index (κ1) is 34.0. The second kappa shape index (κ2) is 12.5. The summed E-state index contributed by atoms with van der Waals surface area (Å²) in [5, 5.41) is 16.1. The molecule has 0 spiro atoms. The molecule has 2 saturated carbocycles. The highest BCUT2D eigenvalue weighted by atomic mass is 19.4. The molecule has 13 heteroatoms. The van der Waals surface area contributed by atoms with Crippen LogP contribution in [0.4, 0.5) is 13.2 Å². The number of amides is 2. The lowest BCUT2D eigenvalue weighted by molar-refractivity contribution is -0.296. The van der Waals surface area contributed by atoms with Gasteiger partial charge in [0.15, 0.2) is 5.60 Å². The minimum atomic E-state index is -4.72. The van der Waals surface area contributed by atoms with Crippen molar-refractivity contribution >= 4 is 28.2 Å². The molecule has 5 heterocycles. The van der Waals surface area contributed by atoms with E-state index < -0.39 is 30.5 Å². The summed E-state index contributed by atoms with van der Waals surface area (Å²) in [7, 11) is 1.61. The third kappa shape index (κ3) is 5.95. The van der Waals surface area contributed by atoms with Gasteiger partial charge >= 0.3 is 6.18 Å². The number of nitrogens with zero attached hydrogens (tertiary/aromatic N) is 5. The van der Waals surface area contributed by atoms with E-state index in [2.05, 4.69) is 28.8 Å². The van der Waals surface area contributed by atoms with Crippen LogP contribution in [0, 0.1) is 18.8 Å². The summed E-state index contributed by atoms with van der Waals surface area (Å²) >= 11 is 0. The zero-order valence-electron chi connectivity index (χ0n) is 29.1. The molecule has 2 saturated heterocycles. The highest BCUT2D eigenvalue weighted by Gasteiger charge is 2.63. The lowest BCUT2D eigenvalue weighted by Crippen LogP contribution is -2.59. The minimum absolute atomic E-state index is 0.0305. The lowest BCUT2D eigenvalue weighted by Gasteiger charge is -2.45. The molecule has 1 unspecified atom stereocenters. The smallest absolute Gasteiger partial charge is 0.417 e. The number of aromatic nitrogens is 3. The molecule has 0 radical (unpaired) electrons. The number of piperidine rings is 2. The van der Waals surface area contributed by atoms with Gasteiger partial charge in [0, 0.05) is 61.8 Å². The molecule has 4 aromatic rings. The number of methoxy groups -OCH3 is 1. The van der Waals surface area contributed by atoms with Gasteiger partial charge in [-0.25, -0.2) is 4.52 Å². The third-order valence-electron chi connectivity index (χ3n) is 11.8. The van der Waals surface area contributed by atoms with Crippen LogP contribution < -0.4 is 10.5 Å². The Morgan fingerprint density at radius 1 is 1.04 bits per heavy atom. The standard InChI is InChI=1S/C38H45F3N6O4/c1-22-32(43-47-20-26(16-31(51-2)33(22)47)35(48)45-12-4-6-28(42)21-45)30-15-25-5-3-7-29(34(25)46(30)19-23-8-9-23)24-10-13-44(14-11-24)36(49)27-17-37(50,18-27)38(39,40)41/h3,5,7,15-16,20,23-24,27-28,50H,4,6,8-14,17-19,21,42H2,1-2H3. The fourth-order valence-electron chi connectivity index (χ4n) is 8.64. The van der Waals surface area contributed by atoms with E-state index in [0.717, 1.165) is 65.6 Å². The van der Waals surface area contributed by atoms with Gasteiger partial charge < -0.3 is 29.9 Å². The molecule has 0 bridgehead atoms. The molecule has 10 nitrogen and oxygen atoms in total. The fourth-order valence-corrected chi connectivity index (χ4v) is 8.64.